The second-order valence-electron chi connectivity index (χ2n) is 6.18. The number of hydrogen-bond donors (Lipinski definition) is 1. The number of nitrogens with one attached hydrogen (secondary N) is 1. The van der Waals surface area contributed by atoms with Crippen LogP contribution in [0, 0.1) is 5.92 Å². The minimum atomic E-state index is -0.0673. The summed E-state index contributed by atoms with van der Waals surface area (Å²) in [7, 11) is 2.08. The summed E-state index contributed by atoms with van der Waals surface area (Å²) >= 11 is 0. The van der Waals surface area contributed by atoms with Gasteiger partial charge < -0.3 is 19.5 Å². The molecule has 1 fully saturated rings. The highest BCUT2D eigenvalue weighted by Gasteiger charge is 2.25. The molecule has 0 aliphatic carbocycles. The van der Waals surface area contributed by atoms with E-state index in [4.69, 9.17) is 9.26 Å². The molecule has 1 aliphatic heterocycles. The summed E-state index contributed by atoms with van der Waals surface area (Å²) in [6.07, 6.45) is 1.83. The van der Waals surface area contributed by atoms with Crippen LogP contribution in [0.25, 0.3) is 0 Å². The van der Waals surface area contributed by atoms with Crippen molar-refractivity contribution in [1.29, 1.82) is 0 Å². The summed E-state index contributed by atoms with van der Waals surface area (Å²) in [5, 5.41) is 7.65. The molecule has 2 unspecified atom stereocenters. The van der Waals surface area contributed by atoms with Gasteiger partial charge in [-0.05, 0) is 25.9 Å². The van der Waals surface area contributed by atoms with E-state index in [0.717, 1.165) is 39.1 Å². The Morgan fingerprint density at radius 2 is 2.24 bits per heavy atom. The monoisotopic (exact) mass is 296 g/mol. The second kappa shape index (κ2) is 7.87. The minimum Gasteiger partial charge on any atom is -0.367 e. The Labute approximate surface area is 127 Å². The molecule has 1 aromatic rings. The van der Waals surface area contributed by atoms with E-state index in [9.17, 15) is 0 Å². The molecule has 0 saturated carbocycles. The van der Waals surface area contributed by atoms with E-state index in [2.05, 4.69) is 48.2 Å². The first kappa shape index (κ1) is 16.4. The van der Waals surface area contributed by atoms with Crippen molar-refractivity contribution in [2.75, 3.05) is 33.3 Å². The molecule has 1 N–H and O–H groups in total. The molecule has 0 radical (unpaired) electrons. The zero-order chi connectivity index (χ0) is 15.2. The highest BCUT2D eigenvalue weighted by molar-refractivity contribution is 4.96. The summed E-state index contributed by atoms with van der Waals surface area (Å²) in [5.41, 5.74) is 0. The van der Waals surface area contributed by atoms with Crippen LogP contribution in [0.15, 0.2) is 4.52 Å². The van der Waals surface area contributed by atoms with E-state index in [0.29, 0.717) is 23.7 Å². The molecule has 120 valence electrons. The van der Waals surface area contributed by atoms with Crippen molar-refractivity contribution in [2.24, 2.45) is 5.92 Å². The molecule has 1 aromatic heterocycles. The van der Waals surface area contributed by atoms with Gasteiger partial charge in [-0.3, -0.25) is 0 Å². The minimum absolute atomic E-state index is 0.0673. The number of aromatic nitrogens is 2. The van der Waals surface area contributed by atoms with Crippen LogP contribution in [-0.2, 0) is 11.2 Å². The zero-order valence-corrected chi connectivity index (χ0v) is 13.6. The van der Waals surface area contributed by atoms with E-state index in [-0.39, 0.29) is 6.10 Å². The van der Waals surface area contributed by atoms with E-state index < -0.39 is 0 Å². The summed E-state index contributed by atoms with van der Waals surface area (Å²) in [5.74, 6) is 1.91. The van der Waals surface area contributed by atoms with Gasteiger partial charge in [0.15, 0.2) is 0 Å². The third-order valence-electron chi connectivity index (χ3n) is 3.90. The first-order chi connectivity index (χ1) is 10.1. The van der Waals surface area contributed by atoms with Crippen LogP contribution in [0.1, 0.15) is 45.0 Å². The van der Waals surface area contributed by atoms with Gasteiger partial charge in [-0.1, -0.05) is 25.9 Å². The number of rotatable bonds is 7. The normalized spacial score (nSPS) is 21.9. The first-order valence-corrected chi connectivity index (χ1v) is 7.96. The molecule has 0 amide bonds. The van der Waals surface area contributed by atoms with Crippen molar-refractivity contribution < 1.29 is 9.26 Å². The molecule has 1 aliphatic rings. The van der Waals surface area contributed by atoms with Crippen LogP contribution >= 0.6 is 0 Å². The zero-order valence-electron chi connectivity index (χ0n) is 13.6. The molecule has 6 nitrogen and oxygen atoms in total. The lowest BCUT2D eigenvalue weighted by molar-refractivity contribution is -0.0264. The van der Waals surface area contributed by atoms with E-state index in [1.54, 1.807) is 0 Å². The van der Waals surface area contributed by atoms with Gasteiger partial charge in [0.2, 0.25) is 11.7 Å². The highest BCUT2D eigenvalue weighted by Crippen LogP contribution is 2.19. The van der Waals surface area contributed by atoms with Gasteiger partial charge in [0.05, 0.1) is 6.61 Å². The fourth-order valence-electron chi connectivity index (χ4n) is 2.48. The lowest BCUT2D eigenvalue weighted by Crippen LogP contribution is -2.36. The maximum atomic E-state index is 5.72. The van der Waals surface area contributed by atoms with Crippen LogP contribution in [0.4, 0.5) is 0 Å². The molecule has 2 rings (SSSR count). The highest BCUT2D eigenvalue weighted by atomic mass is 16.5. The summed E-state index contributed by atoms with van der Waals surface area (Å²) in [6, 6.07) is 0.369. The van der Waals surface area contributed by atoms with Crippen LogP contribution in [-0.4, -0.2) is 54.4 Å². The van der Waals surface area contributed by atoms with Gasteiger partial charge in [0.1, 0.15) is 6.10 Å². The molecular formula is C15H28N4O2. The fourth-order valence-corrected chi connectivity index (χ4v) is 2.48. The van der Waals surface area contributed by atoms with Crippen LogP contribution in [0.5, 0.6) is 0 Å². The molecule has 1 saturated heterocycles. The van der Waals surface area contributed by atoms with Gasteiger partial charge in [-0.2, -0.15) is 4.98 Å². The van der Waals surface area contributed by atoms with Crippen molar-refractivity contribution in [1.82, 2.24) is 20.4 Å². The molecule has 2 atom stereocenters. The van der Waals surface area contributed by atoms with Crippen molar-refractivity contribution in [3.8, 4) is 0 Å². The van der Waals surface area contributed by atoms with Crippen LogP contribution in [0.2, 0.25) is 0 Å². The molecule has 21 heavy (non-hydrogen) atoms. The number of nitrogens with zero attached hydrogens (tertiary/aromatic N) is 3. The predicted octanol–water partition coefficient (Wildman–Crippen LogP) is 1.64. The SMILES string of the molecule is CCCNC(Cc1nc(C2CN(C)CCO2)no1)C(C)C. The largest absolute Gasteiger partial charge is 0.367 e. The maximum absolute atomic E-state index is 5.72. The van der Waals surface area contributed by atoms with Crippen molar-refractivity contribution in [2.45, 2.75) is 45.8 Å². The molecule has 0 aromatic carbocycles. The van der Waals surface area contributed by atoms with Gasteiger partial charge >= 0.3 is 0 Å². The van der Waals surface area contributed by atoms with Crippen molar-refractivity contribution in [3.63, 3.8) is 0 Å². The predicted molar refractivity (Wildman–Crippen MR) is 81.1 cm³/mol. The summed E-state index contributed by atoms with van der Waals surface area (Å²) in [4.78, 5) is 6.76. The third kappa shape index (κ3) is 4.76. The van der Waals surface area contributed by atoms with Crippen molar-refractivity contribution in [3.05, 3.63) is 11.7 Å². The lowest BCUT2D eigenvalue weighted by atomic mass is 10.0. The second-order valence-corrected chi connectivity index (χ2v) is 6.18. The molecular weight excluding hydrogens is 268 g/mol. The Morgan fingerprint density at radius 1 is 1.43 bits per heavy atom. The van der Waals surface area contributed by atoms with Crippen molar-refractivity contribution >= 4 is 0 Å². The lowest BCUT2D eigenvalue weighted by Gasteiger charge is -2.27. The molecule has 2 heterocycles. The summed E-state index contributed by atoms with van der Waals surface area (Å²) < 4.78 is 11.1. The summed E-state index contributed by atoms with van der Waals surface area (Å²) in [6.45, 7) is 10.1. The Morgan fingerprint density at radius 3 is 2.90 bits per heavy atom. The Kier molecular flexibility index (Phi) is 6.14. The van der Waals surface area contributed by atoms with Crippen LogP contribution < -0.4 is 5.32 Å². The molecule has 0 bridgehead atoms. The number of likely N-dealkylation sites (N-methyl/N-ethyl adjacent to an activating group) is 1. The average Bonchev–Trinajstić information content (AvgIpc) is 2.91. The van der Waals surface area contributed by atoms with Gasteiger partial charge in [-0.15, -0.1) is 0 Å². The maximum Gasteiger partial charge on any atom is 0.228 e. The van der Waals surface area contributed by atoms with Gasteiger partial charge in [0.25, 0.3) is 0 Å². The Hall–Kier alpha value is -0.980. The quantitative estimate of drug-likeness (QED) is 0.825. The smallest absolute Gasteiger partial charge is 0.228 e. The topological polar surface area (TPSA) is 63.4 Å². The number of morpholine rings is 1. The van der Waals surface area contributed by atoms with E-state index in [1.807, 2.05) is 0 Å². The fraction of sp³-hybridized carbons (Fsp3) is 0.867. The van der Waals surface area contributed by atoms with E-state index >= 15 is 0 Å². The first-order valence-electron chi connectivity index (χ1n) is 7.96. The van der Waals surface area contributed by atoms with Crippen LogP contribution in [0.3, 0.4) is 0 Å². The third-order valence-corrected chi connectivity index (χ3v) is 3.90. The molecule has 6 heteroatoms. The number of ether oxygens (including phenoxy) is 1. The standard InChI is InChI=1S/C15H28N4O2/c1-5-6-16-12(11(2)3)9-14-17-15(18-21-14)13-10-19(4)7-8-20-13/h11-13,16H,5-10H2,1-4H3. The average molecular weight is 296 g/mol. The Balaban J connectivity index is 1.95. The van der Waals surface area contributed by atoms with Gasteiger partial charge in [-0.25, -0.2) is 0 Å². The molecule has 0 spiro atoms. The number of hydrogen-bond acceptors (Lipinski definition) is 6. The van der Waals surface area contributed by atoms with Gasteiger partial charge in [0, 0.05) is 25.6 Å². The Bertz CT molecular complexity index is 422. The van der Waals surface area contributed by atoms with E-state index in [1.165, 1.54) is 0 Å².